The average Bonchev–Trinajstić information content (AvgIpc) is 2.93. The maximum atomic E-state index is 10.9. The molecule has 7 nitrogen and oxygen atoms in total. The van der Waals surface area contributed by atoms with Gasteiger partial charge in [-0.1, -0.05) is 11.9 Å². The maximum Gasteiger partial charge on any atom is 0.434 e. The molecule has 0 aliphatic heterocycles. The smallest absolute Gasteiger partial charge is 0.390 e. The minimum absolute atomic E-state index is 0.0710. The number of rotatable bonds is 11. The zero-order valence-corrected chi connectivity index (χ0v) is 15.1. The number of imidazole rings is 1. The van der Waals surface area contributed by atoms with E-state index in [9.17, 15) is 10.1 Å². The summed E-state index contributed by atoms with van der Waals surface area (Å²) < 4.78 is 1.59. The highest BCUT2D eigenvalue weighted by molar-refractivity contribution is 5.06. The van der Waals surface area contributed by atoms with Crippen LogP contribution in [0.15, 0.2) is 12.4 Å². The van der Waals surface area contributed by atoms with Gasteiger partial charge < -0.3 is 20.7 Å². The first-order chi connectivity index (χ1) is 10.7. The van der Waals surface area contributed by atoms with Crippen molar-refractivity contribution in [2.75, 3.05) is 13.1 Å². The van der Waals surface area contributed by atoms with Gasteiger partial charge in [-0.15, -0.1) is 0 Å². The van der Waals surface area contributed by atoms with Gasteiger partial charge in [-0.2, -0.15) is 0 Å². The van der Waals surface area contributed by atoms with Gasteiger partial charge in [0.15, 0.2) is 0 Å². The second kappa shape index (κ2) is 8.40. The van der Waals surface area contributed by atoms with Crippen LogP contribution in [0, 0.1) is 10.1 Å². The summed E-state index contributed by atoms with van der Waals surface area (Å²) in [5.74, 6) is -0.0909. The first-order valence-electron chi connectivity index (χ1n) is 8.32. The Hall–Kier alpha value is -1.47. The predicted molar refractivity (Wildman–Crippen MR) is 92.6 cm³/mol. The van der Waals surface area contributed by atoms with Crippen molar-refractivity contribution in [1.29, 1.82) is 0 Å². The van der Waals surface area contributed by atoms with E-state index in [0.29, 0.717) is 6.54 Å². The molecule has 0 spiro atoms. The second-order valence-electron chi connectivity index (χ2n) is 7.26. The minimum Gasteiger partial charge on any atom is -0.390 e. The summed E-state index contributed by atoms with van der Waals surface area (Å²) in [7, 11) is 0. The molecule has 0 atom stereocenters. The summed E-state index contributed by atoms with van der Waals surface area (Å²) >= 11 is 0. The number of nitrogens with one attached hydrogen (secondary N) is 2. The second-order valence-corrected chi connectivity index (χ2v) is 7.26. The standard InChI is InChI=1S/C16H31N5O2/c1-6-15(2,3)18-9-7-10-19-16(4,5)8-12-20-13-11-17-14(20)21(22)23/h11,13,18-19H,6-10,12H2,1-5H3. The lowest BCUT2D eigenvalue weighted by atomic mass is 10.00. The lowest BCUT2D eigenvalue weighted by molar-refractivity contribution is -0.396. The summed E-state index contributed by atoms with van der Waals surface area (Å²) in [5.41, 5.74) is 0.119. The van der Waals surface area contributed by atoms with Gasteiger partial charge in [0.1, 0.15) is 12.4 Å². The molecule has 0 fully saturated rings. The van der Waals surface area contributed by atoms with Crippen LogP contribution in [0.25, 0.3) is 0 Å². The van der Waals surface area contributed by atoms with Crippen LogP contribution in [0.1, 0.15) is 53.9 Å². The molecule has 0 unspecified atom stereocenters. The molecule has 1 heterocycles. The number of aromatic nitrogens is 2. The Labute approximate surface area is 139 Å². The summed E-state index contributed by atoms with van der Waals surface area (Å²) in [5, 5.41) is 17.9. The zero-order valence-electron chi connectivity index (χ0n) is 15.1. The van der Waals surface area contributed by atoms with Gasteiger partial charge in [0, 0.05) is 11.1 Å². The van der Waals surface area contributed by atoms with E-state index in [2.05, 4.69) is 50.2 Å². The average molecular weight is 325 g/mol. The lowest BCUT2D eigenvalue weighted by Crippen LogP contribution is -2.43. The zero-order chi connectivity index (χ0) is 17.5. The number of nitro groups is 1. The van der Waals surface area contributed by atoms with Crippen LogP contribution in [0.2, 0.25) is 0 Å². The molecular formula is C16H31N5O2. The third-order valence-corrected chi connectivity index (χ3v) is 4.28. The molecule has 0 aliphatic rings. The number of hydrogen-bond donors (Lipinski definition) is 2. The van der Waals surface area contributed by atoms with Crippen molar-refractivity contribution in [3.63, 3.8) is 0 Å². The van der Waals surface area contributed by atoms with Crippen molar-refractivity contribution in [1.82, 2.24) is 20.2 Å². The molecule has 23 heavy (non-hydrogen) atoms. The van der Waals surface area contributed by atoms with E-state index < -0.39 is 4.92 Å². The van der Waals surface area contributed by atoms with Crippen molar-refractivity contribution in [2.45, 2.75) is 71.5 Å². The van der Waals surface area contributed by atoms with Gasteiger partial charge >= 0.3 is 5.95 Å². The molecular weight excluding hydrogens is 294 g/mol. The normalized spacial score (nSPS) is 12.6. The summed E-state index contributed by atoms with van der Waals surface area (Å²) in [6.07, 6.45) is 6.09. The first-order valence-corrected chi connectivity index (χ1v) is 8.32. The Balaban J connectivity index is 2.30. The lowest BCUT2D eigenvalue weighted by Gasteiger charge is -2.27. The number of aryl methyl sites for hydroxylation is 1. The van der Waals surface area contributed by atoms with Gasteiger partial charge in [0.05, 0.1) is 6.54 Å². The highest BCUT2D eigenvalue weighted by Crippen LogP contribution is 2.14. The largest absolute Gasteiger partial charge is 0.434 e. The van der Waals surface area contributed by atoms with E-state index in [4.69, 9.17) is 0 Å². The van der Waals surface area contributed by atoms with Crippen molar-refractivity contribution in [3.8, 4) is 0 Å². The van der Waals surface area contributed by atoms with E-state index in [0.717, 1.165) is 32.4 Å². The van der Waals surface area contributed by atoms with Crippen LogP contribution < -0.4 is 10.6 Å². The summed E-state index contributed by atoms with van der Waals surface area (Å²) in [6.45, 7) is 13.3. The molecule has 0 amide bonds. The highest BCUT2D eigenvalue weighted by atomic mass is 16.6. The molecule has 2 N–H and O–H groups in total. The number of nitrogens with zero attached hydrogens (tertiary/aromatic N) is 3. The fourth-order valence-electron chi connectivity index (χ4n) is 2.20. The Morgan fingerprint density at radius 3 is 2.39 bits per heavy atom. The first kappa shape index (κ1) is 19.6. The molecule has 1 aromatic heterocycles. The predicted octanol–water partition coefficient (Wildman–Crippen LogP) is 2.72. The van der Waals surface area contributed by atoms with Crippen molar-refractivity contribution in [2.24, 2.45) is 0 Å². The van der Waals surface area contributed by atoms with Crippen molar-refractivity contribution in [3.05, 3.63) is 22.5 Å². The molecule has 1 aromatic rings. The minimum atomic E-state index is -0.443. The molecule has 0 aromatic carbocycles. The third kappa shape index (κ3) is 7.09. The van der Waals surface area contributed by atoms with E-state index in [1.54, 1.807) is 10.8 Å². The fourth-order valence-corrected chi connectivity index (χ4v) is 2.20. The molecule has 7 heteroatoms. The van der Waals surface area contributed by atoms with Crippen LogP contribution in [-0.2, 0) is 6.54 Å². The quantitative estimate of drug-likeness (QED) is 0.371. The van der Waals surface area contributed by atoms with Gasteiger partial charge in [-0.25, -0.2) is 4.57 Å². The molecule has 0 radical (unpaired) electrons. The van der Waals surface area contributed by atoms with Crippen molar-refractivity contribution < 1.29 is 4.92 Å². The van der Waals surface area contributed by atoms with Crippen LogP contribution in [0.4, 0.5) is 5.95 Å². The molecule has 0 saturated heterocycles. The number of hydrogen-bond acceptors (Lipinski definition) is 5. The van der Waals surface area contributed by atoms with E-state index >= 15 is 0 Å². The molecule has 0 bridgehead atoms. The Morgan fingerprint density at radius 2 is 1.83 bits per heavy atom. The molecule has 132 valence electrons. The SMILES string of the molecule is CCC(C)(C)NCCCNC(C)(C)CCn1ccnc1[N+](=O)[O-]. The van der Waals surface area contributed by atoms with E-state index in [1.807, 2.05) is 0 Å². The summed E-state index contributed by atoms with van der Waals surface area (Å²) in [6, 6.07) is 0. The maximum absolute atomic E-state index is 10.9. The van der Waals surface area contributed by atoms with Gasteiger partial charge in [-0.3, -0.25) is 0 Å². The monoisotopic (exact) mass is 325 g/mol. The van der Waals surface area contributed by atoms with Crippen LogP contribution in [0.3, 0.4) is 0 Å². The van der Waals surface area contributed by atoms with Gasteiger partial charge in [0.2, 0.25) is 0 Å². The fraction of sp³-hybridized carbons (Fsp3) is 0.812. The summed E-state index contributed by atoms with van der Waals surface area (Å²) in [4.78, 5) is 14.2. The molecule has 1 rings (SSSR count). The molecule has 0 aliphatic carbocycles. The topological polar surface area (TPSA) is 85.0 Å². The van der Waals surface area contributed by atoms with E-state index in [-0.39, 0.29) is 17.0 Å². The highest BCUT2D eigenvalue weighted by Gasteiger charge is 2.21. The van der Waals surface area contributed by atoms with E-state index in [1.165, 1.54) is 6.20 Å². The molecule has 0 saturated carbocycles. The Bertz CT molecular complexity index is 496. The van der Waals surface area contributed by atoms with Crippen molar-refractivity contribution >= 4 is 5.95 Å². The third-order valence-electron chi connectivity index (χ3n) is 4.28. The van der Waals surface area contributed by atoms with Crippen LogP contribution in [-0.4, -0.2) is 38.6 Å². The van der Waals surface area contributed by atoms with Gasteiger partial charge in [0.25, 0.3) is 0 Å². The van der Waals surface area contributed by atoms with Gasteiger partial charge in [-0.05, 0) is 65.0 Å². The van der Waals surface area contributed by atoms with Crippen LogP contribution >= 0.6 is 0 Å². The Morgan fingerprint density at radius 1 is 1.22 bits per heavy atom. The van der Waals surface area contributed by atoms with Crippen LogP contribution in [0.5, 0.6) is 0 Å². The Kier molecular flexibility index (Phi) is 7.15.